The minimum absolute atomic E-state index is 0.154. The monoisotopic (exact) mass is 367 g/mol. The highest BCUT2D eigenvalue weighted by molar-refractivity contribution is 5.97. The fourth-order valence-electron chi connectivity index (χ4n) is 4.27. The lowest BCUT2D eigenvalue weighted by Gasteiger charge is -2.43. The van der Waals surface area contributed by atoms with Crippen LogP contribution in [0.5, 0.6) is 0 Å². The lowest BCUT2D eigenvalue weighted by Crippen LogP contribution is -2.34. The molecule has 0 saturated carbocycles. The molecule has 0 aliphatic heterocycles. The summed E-state index contributed by atoms with van der Waals surface area (Å²) in [4.78, 5) is 14.2. The zero-order chi connectivity index (χ0) is 20.2. The maximum atomic E-state index is 12.1. The third-order valence-corrected chi connectivity index (χ3v) is 6.56. The fourth-order valence-corrected chi connectivity index (χ4v) is 4.27. The summed E-state index contributed by atoms with van der Waals surface area (Å²) in [6.07, 6.45) is 7.97. The number of benzene rings is 1. The number of nitrogens with zero attached hydrogens (tertiary/aromatic N) is 1. The van der Waals surface area contributed by atoms with E-state index in [9.17, 15) is 9.90 Å². The summed E-state index contributed by atoms with van der Waals surface area (Å²) >= 11 is 0. The smallest absolute Gasteiger partial charge is 0.187 e. The van der Waals surface area contributed by atoms with E-state index < -0.39 is 5.60 Å². The minimum atomic E-state index is -1.32. The average molecular weight is 368 g/mol. The number of anilines is 1. The summed E-state index contributed by atoms with van der Waals surface area (Å²) in [7, 11) is 2.04. The van der Waals surface area contributed by atoms with Gasteiger partial charge >= 0.3 is 0 Å². The van der Waals surface area contributed by atoms with Crippen molar-refractivity contribution in [3.8, 4) is 0 Å². The number of ketones is 1. The molecule has 3 heteroatoms. The van der Waals surface area contributed by atoms with Crippen LogP contribution in [0.25, 0.3) is 0 Å². The van der Waals surface area contributed by atoms with Crippen molar-refractivity contribution >= 4 is 11.5 Å². The Bertz CT molecular complexity index is 840. The normalized spacial score (nSPS) is 26.2. The molecule has 3 rings (SSSR count). The second-order valence-electron chi connectivity index (χ2n) is 9.82. The Labute approximate surface area is 163 Å². The molecule has 1 aromatic rings. The zero-order valence-electron chi connectivity index (χ0n) is 17.8. The van der Waals surface area contributed by atoms with Gasteiger partial charge < -0.3 is 10.0 Å². The molecule has 1 aromatic carbocycles. The Kier molecular flexibility index (Phi) is 4.67. The SMILES string of the molecule is Cc1cc2c(cc1N(C)C1=CCC(C)(O)C(=O)C=C1)C(C)(C)CCC2(C)C. The molecule has 0 radical (unpaired) electrons. The van der Waals surface area contributed by atoms with Crippen molar-refractivity contribution in [2.45, 2.75) is 77.2 Å². The molecule has 0 amide bonds. The van der Waals surface area contributed by atoms with Crippen LogP contribution >= 0.6 is 0 Å². The molecule has 0 spiro atoms. The first-order valence-electron chi connectivity index (χ1n) is 9.90. The van der Waals surface area contributed by atoms with Crippen LogP contribution in [0.3, 0.4) is 0 Å². The number of carbonyl (C=O) groups excluding carboxylic acids is 1. The van der Waals surface area contributed by atoms with Crippen LogP contribution in [-0.4, -0.2) is 23.5 Å². The van der Waals surface area contributed by atoms with Crippen LogP contribution in [-0.2, 0) is 15.6 Å². The van der Waals surface area contributed by atoms with Crippen LogP contribution in [0, 0.1) is 6.92 Å². The average Bonchev–Trinajstić information content (AvgIpc) is 2.70. The number of likely N-dealkylation sites (N-methyl/N-ethyl adjacent to an activating group) is 1. The highest BCUT2D eigenvalue weighted by Crippen LogP contribution is 2.47. The van der Waals surface area contributed by atoms with Gasteiger partial charge in [-0.1, -0.05) is 39.8 Å². The van der Waals surface area contributed by atoms with Gasteiger partial charge in [0.25, 0.3) is 0 Å². The Morgan fingerprint density at radius 3 is 2.11 bits per heavy atom. The number of aryl methyl sites for hydroxylation is 1. The van der Waals surface area contributed by atoms with Gasteiger partial charge in [-0.3, -0.25) is 4.79 Å². The van der Waals surface area contributed by atoms with Crippen molar-refractivity contribution in [2.75, 3.05) is 11.9 Å². The topological polar surface area (TPSA) is 40.5 Å². The number of hydrogen-bond acceptors (Lipinski definition) is 3. The van der Waals surface area contributed by atoms with Crippen molar-refractivity contribution in [1.82, 2.24) is 0 Å². The van der Waals surface area contributed by atoms with Gasteiger partial charge in [-0.2, -0.15) is 0 Å². The molecule has 146 valence electrons. The molecule has 27 heavy (non-hydrogen) atoms. The molecule has 1 atom stereocenters. The predicted molar refractivity (Wildman–Crippen MR) is 112 cm³/mol. The van der Waals surface area contributed by atoms with E-state index in [2.05, 4.69) is 51.7 Å². The molecule has 0 aromatic heterocycles. The molecule has 0 heterocycles. The Morgan fingerprint density at radius 1 is 0.963 bits per heavy atom. The van der Waals surface area contributed by atoms with Crippen molar-refractivity contribution in [1.29, 1.82) is 0 Å². The van der Waals surface area contributed by atoms with Crippen LogP contribution in [0.1, 0.15) is 70.6 Å². The van der Waals surface area contributed by atoms with Gasteiger partial charge in [0.05, 0.1) is 0 Å². The summed E-state index contributed by atoms with van der Waals surface area (Å²) in [5, 5.41) is 10.3. The van der Waals surface area contributed by atoms with E-state index in [1.807, 2.05) is 19.2 Å². The summed E-state index contributed by atoms with van der Waals surface area (Å²) in [5.41, 5.74) is 5.24. The van der Waals surface area contributed by atoms with E-state index >= 15 is 0 Å². The largest absolute Gasteiger partial charge is 0.382 e. The molecule has 0 bridgehead atoms. The van der Waals surface area contributed by atoms with Crippen molar-refractivity contribution < 1.29 is 9.90 Å². The van der Waals surface area contributed by atoms with Gasteiger partial charge in [0.2, 0.25) is 0 Å². The van der Waals surface area contributed by atoms with Crippen LogP contribution in [0.2, 0.25) is 0 Å². The number of hydrogen-bond donors (Lipinski definition) is 1. The number of aliphatic hydroxyl groups is 1. The number of fused-ring (bicyclic) bond motifs is 1. The molecule has 1 unspecified atom stereocenters. The van der Waals surface area contributed by atoms with Gasteiger partial charge in [0.15, 0.2) is 5.78 Å². The molecule has 0 saturated heterocycles. The van der Waals surface area contributed by atoms with Crippen LogP contribution < -0.4 is 4.90 Å². The molecule has 2 aliphatic rings. The predicted octanol–water partition coefficient (Wildman–Crippen LogP) is 4.94. The first-order chi connectivity index (χ1) is 12.3. The van der Waals surface area contributed by atoms with E-state index in [1.165, 1.54) is 35.6 Å². The summed E-state index contributed by atoms with van der Waals surface area (Å²) in [6, 6.07) is 4.69. The second kappa shape index (κ2) is 6.34. The summed E-state index contributed by atoms with van der Waals surface area (Å²) < 4.78 is 0. The lowest BCUT2D eigenvalue weighted by atomic mass is 9.63. The zero-order valence-corrected chi connectivity index (χ0v) is 17.8. The van der Waals surface area contributed by atoms with Gasteiger partial charge in [0, 0.05) is 24.9 Å². The highest BCUT2D eigenvalue weighted by atomic mass is 16.3. The van der Waals surface area contributed by atoms with E-state index in [-0.39, 0.29) is 16.6 Å². The maximum absolute atomic E-state index is 12.1. The Balaban J connectivity index is 2.07. The Hall–Kier alpha value is -1.87. The minimum Gasteiger partial charge on any atom is -0.382 e. The molecule has 2 aliphatic carbocycles. The van der Waals surface area contributed by atoms with Crippen molar-refractivity contribution in [3.05, 3.63) is 52.7 Å². The van der Waals surface area contributed by atoms with Crippen LogP contribution in [0.4, 0.5) is 5.69 Å². The second-order valence-corrected chi connectivity index (χ2v) is 9.82. The Morgan fingerprint density at radius 2 is 1.52 bits per heavy atom. The number of rotatable bonds is 2. The van der Waals surface area contributed by atoms with Crippen molar-refractivity contribution in [3.63, 3.8) is 0 Å². The third kappa shape index (κ3) is 3.50. The van der Waals surface area contributed by atoms with Gasteiger partial charge in [-0.15, -0.1) is 0 Å². The van der Waals surface area contributed by atoms with E-state index in [0.717, 1.165) is 11.4 Å². The highest BCUT2D eigenvalue weighted by Gasteiger charge is 2.38. The standard InChI is InChI=1S/C24H33NO2/c1-16-14-18-19(23(4,5)13-12-22(18,2)3)15-20(16)25(7)17-8-9-21(26)24(6,27)11-10-17/h8-10,14-15,27H,11-13H2,1-7H3. The van der Waals surface area contributed by atoms with Gasteiger partial charge in [-0.25, -0.2) is 0 Å². The third-order valence-electron chi connectivity index (χ3n) is 6.56. The van der Waals surface area contributed by atoms with Gasteiger partial charge in [0.1, 0.15) is 5.60 Å². The molecule has 1 N–H and O–H groups in total. The molecular formula is C24H33NO2. The van der Waals surface area contributed by atoms with E-state index in [4.69, 9.17) is 0 Å². The number of carbonyl (C=O) groups is 1. The fraction of sp³-hybridized carbons (Fsp3) is 0.542. The quantitative estimate of drug-likeness (QED) is 0.804. The van der Waals surface area contributed by atoms with E-state index in [1.54, 1.807) is 6.92 Å². The van der Waals surface area contributed by atoms with Crippen LogP contribution in [0.15, 0.2) is 36.1 Å². The number of allylic oxidation sites excluding steroid dienone is 1. The molecule has 0 fully saturated rings. The first-order valence-corrected chi connectivity index (χ1v) is 9.90. The van der Waals surface area contributed by atoms with Gasteiger partial charge in [-0.05, 0) is 72.4 Å². The lowest BCUT2D eigenvalue weighted by molar-refractivity contribution is -0.130. The summed E-state index contributed by atoms with van der Waals surface area (Å²) in [6.45, 7) is 13.1. The molecular weight excluding hydrogens is 334 g/mol. The van der Waals surface area contributed by atoms with Crippen molar-refractivity contribution in [2.24, 2.45) is 0 Å². The van der Waals surface area contributed by atoms with E-state index in [0.29, 0.717) is 6.42 Å². The summed E-state index contributed by atoms with van der Waals surface area (Å²) in [5.74, 6) is -0.243. The molecule has 3 nitrogen and oxygen atoms in total. The first kappa shape index (κ1) is 19.9. The maximum Gasteiger partial charge on any atom is 0.187 e.